The molecule has 0 bridgehead atoms. The summed E-state index contributed by atoms with van der Waals surface area (Å²) in [6, 6.07) is 20.1. The molecule has 1 heterocycles. The fraction of sp³-hybridized carbons (Fsp3) is 0.381. The maximum absolute atomic E-state index is 13.3. The zero-order chi connectivity index (χ0) is 16.8. The number of hydrogen-bond acceptors (Lipinski definition) is 3. The van der Waals surface area contributed by atoms with Crippen LogP contribution in [0.3, 0.4) is 0 Å². The summed E-state index contributed by atoms with van der Waals surface area (Å²) in [4.78, 5) is 15.6. The van der Waals surface area contributed by atoms with Gasteiger partial charge in [-0.3, -0.25) is 4.90 Å². The number of carbonyl (C=O) groups is 1. The molecule has 2 aromatic rings. The summed E-state index contributed by atoms with van der Waals surface area (Å²) in [5.41, 5.74) is 1.10. The molecule has 1 aliphatic heterocycles. The number of benzene rings is 2. The van der Waals surface area contributed by atoms with Crippen molar-refractivity contribution in [2.24, 2.45) is 0 Å². The monoisotopic (exact) mass is 323 g/mol. The van der Waals surface area contributed by atoms with Crippen LogP contribution in [-0.2, 0) is 15.1 Å². The molecule has 3 rings (SSSR count). The van der Waals surface area contributed by atoms with E-state index < -0.39 is 5.54 Å². The molecule has 1 aliphatic rings. The van der Waals surface area contributed by atoms with Crippen LogP contribution >= 0.6 is 0 Å². The minimum Gasteiger partial charge on any atom is -0.464 e. The molecule has 126 valence electrons. The van der Waals surface area contributed by atoms with Crippen molar-refractivity contribution in [1.82, 2.24) is 4.90 Å². The van der Waals surface area contributed by atoms with E-state index in [4.69, 9.17) is 4.74 Å². The minimum absolute atomic E-state index is 0.177. The van der Waals surface area contributed by atoms with Gasteiger partial charge in [0.2, 0.25) is 0 Å². The molecule has 0 N–H and O–H groups in total. The Morgan fingerprint density at radius 3 is 1.88 bits per heavy atom. The molecular formula is C21H25NO2. The van der Waals surface area contributed by atoms with Gasteiger partial charge in [0.1, 0.15) is 0 Å². The van der Waals surface area contributed by atoms with Gasteiger partial charge >= 0.3 is 5.97 Å². The summed E-state index contributed by atoms with van der Waals surface area (Å²) in [5, 5.41) is 0. The Labute approximate surface area is 144 Å². The third-order valence-corrected chi connectivity index (χ3v) is 4.78. The van der Waals surface area contributed by atoms with Crippen molar-refractivity contribution in [3.63, 3.8) is 0 Å². The topological polar surface area (TPSA) is 29.5 Å². The van der Waals surface area contributed by atoms with Crippen molar-refractivity contribution in [3.8, 4) is 0 Å². The molecule has 0 aromatic heterocycles. The van der Waals surface area contributed by atoms with E-state index in [0.29, 0.717) is 6.61 Å². The van der Waals surface area contributed by atoms with Gasteiger partial charge in [0, 0.05) is 0 Å². The maximum Gasteiger partial charge on any atom is 0.335 e. The van der Waals surface area contributed by atoms with Crippen LogP contribution in [-0.4, -0.2) is 30.6 Å². The zero-order valence-corrected chi connectivity index (χ0v) is 14.3. The molecule has 1 saturated heterocycles. The fourth-order valence-electron chi connectivity index (χ4n) is 3.72. The van der Waals surface area contributed by atoms with Gasteiger partial charge in [0.05, 0.1) is 6.61 Å². The lowest BCUT2D eigenvalue weighted by molar-refractivity contribution is -0.156. The first-order chi connectivity index (χ1) is 11.8. The zero-order valence-electron chi connectivity index (χ0n) is 14.3. The average molecular weight is 323 g/mol. The summed E-state index contributed by atoms with van der Waals surface area (Å²) in [6.07, 6.45) is 3.45. The van der Waals surface area contributed by atoms with Gasteiger partial charge in [-0.15, -0.1) is 0 Å². The molecule has 0 amide bonds. The Hall–Kier alpha value is -2.13. The van der Waals surface area contributed by atoms with Crippen molar-refractivity contribution in [2.75, 3.05) is 19.7 Å². The van der Waals surface area contributed by atoms with Crippen molar-refractivity contribution < 1.29 is 9.53 Å². The van der Waals surface area contributed by atoms with Crippen molar-refractivity contribution >= 4 is 5.97 Å². The Morgan fingerprint density at radius 1 is 0.917 bits per heavy atom. The first-order valence-electron chi connectivity index (χ1n) is 8.83. The Morgan fingerprint density at radius 2 is 1.42 bits per heavy atom. The van der Waals surface area contributed by atoms with Crippen LogP contribution in [0.4, 0.5) is 0 Å². The first kappa shape index (κ1) is 16.7. The Bertz CT molecular complexity index is 609. The van der Waals surface area contributed by atoms with Gasteiger partial charge in [-0.05, 0) is 44.0 Å². The van der Waals surface area contributed by atoms with E-state index in [9.17, 15) is 4.79 Å². The van der Waals surface area contributed by atoms with E-state index in [1.807, 2.05) is 67.6 Å². The van der Waals surface area contributed by atoms with E-state index in [1.165, 1.54) is 6.42 Å². The third-order valence-electron chi connectivity index (χ3n) is 4.78. The molecule has 1 fully saturated rings. The van der Waals surface area contributed by atoms with Crippen molar-refractivity contribution in [2.45, 2.75) is 31.7 Å². The van der Waals surface area contributed by atoms with E-state index in [1.54, 1.807) is 0 Å². The normalized spacial score (nSPS) is 15.9. The van der Waals surface area contributed by atoms with Crippen LogP contribution in [0.5, 0.6) is 0 Å². The summed E-state index contributed by atoms with van der Waals surface area (Å²) < 4.78 is 5.59. The van der Waals surface area contributed by atoms with Gasteiger partial charge in [0.15, 0.2) is 5.54 Å². The second-order valence-corrected chi connectivity index (χ2v) is 6.21. The van der Waals surface area contributed by atoms with E-state index in [0.717, 1.165) is 37.1 Å². The molecule has 0 saturated carbocycles. The second-order valence-electron chi connectivity index (χ2n) is 6.21. The Kier molecular flexibility index (Phi) is 5.31. The number of rotatable bonds is 5. The predicted molar refractivity (Wildman–Crippen MR) is 95.7 cm³/mol. The second kappa shape index (κ2) is 7.63. The van der Waals surface area contributed by atoms with Crippen molar-refractivity contribution in [1.29, 1.82) is 0 Å². The number of hydrogen-bond donors (Lipinski definition) is 0. The SMILES string of the molecule is CCOC(=O)C(c1ccccc1)(c1ccccc1)N1CCCCC1. The maximum atomic E-state index is 13.3. The first-order valence-corrected chi connectivity index (χ1v) is 8.83. The van der Waals surface area contributed by atoms with Gasteiger partial charge in [-0.25, -0.2) is 4.79 Å². The third kappa shape index (κ3) is 2.96. The number of ether oxygens (including phenoxy) is 1. The number of esters is 1. The highest BCUT2D eigenvalue weighted by molar-refractivity contribution is 5.87. The van der Waals surface area contributed by atoms with E-state index in [-0.39, 0.29) is 5.97 Å². The minimum atomic E-state index is -0.862. The average Bonchev–Trinajstić information content (AvgIpc) is 2.65. The lowest BCUT2D eigenvalue weighted by atomic mass is 9.80. The van der Waals surface area contributed by atoms with Crippen molar-refractivity contribution in [3.05, 3.63) is 71.8 Å². The fourth-order valence-corrected chi connectivity index (χ4v) is 3.72. The van der Waals surface area contributed by atoms with E-state index in [2.05, 4.69) is 4.90 Å². The summed E-state index contributed by atoms with van der Waals surface area (Å²) in [6.45, 7) is 4.06. The van der Waals surface area contributed by atoms with Crippen LogP contribution in [0.1, 0.15) is 37.3 Å². The summed E-state index contributed by atoms with van der Waals surface area (Å²) >= 11 is 0. The molecule has 0 spiro atoms. The highest BCUT2D eigenvalue weighted by Gasteiger charge is 2.48. The Balaban J connectivity index is 2.21. The number of carbonyl (C=O) groups excluding carboxylic acids is 1. The molecule has 24 heavy (non-hydrogen) atoms. The van der Waals surface area contributed by atoms with Crippen LogP contribution in [0.15, 0.2) is 60.7 Å². The van der Waals surface area contributed by atoms with E-state index >= 15 is 0 Å². The predicted octanol–water partition coefficient (Wildman–Crippen LogP) is 3.98. The molecular weight excluding hydrogens is 298 g/mol. The smallest absolute Gasteiger partial charge is 0.335 e. The number of nitrogens with zero attached hydrogens (tertiary/aromatic N) is 1. The number of piperidine rings is 1. The van der Waals surface area contributed by atoms with Gasteiger partial charge in [-0.2, -0.15) is 0 Å². The summed E-state index contributed by atoms with van der Waals surface area (Å²) in [7, 11) is 0. The quantitative estimate of drug-likeness (QED) is 0.780. The number of likely N-dealkylation sites (tertiary alicyclic amines) is 1. The molecule has 0 aliphatic carbocycles. The molecule has 0 unspecified atom stereocenters. The highest BCUT2D eigenvalue weighted by Crippen LogP contribution is 2.39. The van der Waals surface area contributed by atoms with Gasteiger partial charge in [-0.1, -0.05) is 67.1 Å². The summed E-state index contributed by atoms with van der Waals surface area (Å²) in [5.74, 6) is -0.177. The standard InChI is InChI=1S/C21H25NO2/c1-2-24-20(23)21(18-12-6-3-7-13-18,19-14-8-4-9-15-19)22-16-10-5-11-17-22/h3-4,6-9,12-15H,2,5,10-11,16-17H2,1H3. The lowest BCUT2D eigenvalue weighted by Gasteiger charge is -2.44. The van der Waals surface area contributed by atoms with Gasteiger partial charge in [0.25, 0.3) is 0 Å². The molecule has 0 radical (unpaired) electrons. The van der Waals surface area contributed by atoms with Crippen LogP contribution < -0.4 is 0 Å². The van der Waals surface area contributed by atoms with Crippen LogP contribution in [0.2, 0.25) is 0 Å². The largest absolute Gasteiger partial charge is 0.464 e. The van der Waals surface area contributed by atoms with Gasteiger partial charge < -0.3 is 4.74 Å². The lowest BCUT2D eigenvalue weighted by Crippen LogP contribution is -2.55. The van der Waals surface area contributed by atoms with Crippen LogP contribution in [0, 0.1) is 0 Å². The highest BCUT2D eigenvalue weighted by atomic mass is 16.5. The molecule has 3 heteroatoms. The molecule has 2 aromatic carbocycles. The molecule has 0 atom stereocenters. The molecule has 3 nitrogen and oxygen atoms in total. The van der Waals surface area contributed by atoms with Crippen LogP contribution in [0.25, 0.3) is 0 Å².